The zero-order valence-electron chi connectivity index (χ0n) is 9.29. The molecule has 90 valence electrons. The Labute approximate surface area is 101 Å². The van der Waals surface area contributed by atoms with E-state index in [-0.39, 0.29) is 24.1 Å². The van der Waals surface area contributed by atoms with Crippen LogP contribution in [0, 0.1) is 12.7 Å². The first-order valence-corrected chi connectivity index (χ1v) is 4.79. The lowest BCUT2D eigenvalue weighted by molar-refractivity contribution is -0.122. The molecule has 0 bridgehead atoms. The van der Waals surface area contributed by atoms with Gasteiger partial charge in [0, 0.05) is 6.54 Å². The number of hydrogen-bond acceptors (Lipinski definition) is 2. The molecule has 0 aliphatic carbocycles. The van der Waals surface area contributed by atoms with E-state index in [1.54, 1.807) is 26.0 Å². The molecule has 0 spiro atoms. The number of amides is 1. The Morgan fingerprint density at radius 1 is 1.56 bits per heavy atom. The van der Waals surface area contributed by atoms with Crippen molar-refractivity contribution in [2.75, 3.05) is 0 Å². The van der Waals surface area contributed by atoms with E-state index in [4.69, 9.17) is 5.73 Å². The molecule has 5 heteroatoms. The Balaban J connectivity index is 0.00000225. The molecule has 0 aromatic heterocycles. The van der Waals surface area contributed by atoms with Crippen LogP contribution in [0.2, 0.25) is 0 Å². The first-order chi connectivity index (χ1) is 7.00. The lowest BCUT2D eigenvalue weighted by Crippen LogP contribution is -2.37. The first kappa shape index (κ1) is 14.9. The number of nitrogens with two attached hydrogens (primary N) is 1. The maximum Gasteiger partial charge on any atom is 0.236 e. The Kier molecular flexibility index (Phi) is 6.00. The summed E-state index contributed by atoms with van der Waals surface area (Å²) in [5, 5.41) is 2.61. The van der Waals surface area contributed by atoms with Crippen molar-refractivity contribution in [3.05, 3.63) is 35.1 Å². The van der Waals surface area contributed by atoms with Crippen LogP contribution in [-0.4, -0.2) is 11.9 Å². The summed E-state index contributed by atoms with van der Waals surface area (Å²) in [6.45, 7) is 3.60. The zero-order chi connectivity index (χ0) is 11.4. The van der Waals surface area contributed by atoms with Crippen LogP contribution in [0.3, 0.4) is 0 Å². The third kappa shape index (κ3) is 4.16. The minimum atomic E-state index is -0.541. The Morgan fingerprint density at radius 2 is 2.19 bits per heavy atom. The van der Waals surface area contributed by atoms with Crippen LogP contribution in [0.5, 0.6) is 0 Å². The highest BCUT2D eigenvalue weighted by atomic mass is 35.5. The molecule has 1 aromatic rings. The predicted molar refractivity (Wildman–Crippen MR) is 63.9 cm³/mol. The van der Waals surface area contributed by atoms with Gasteiger partial charge in [-0.1, -0.05) is 12.1 Å². The zero-order valence-corrected chi connectivity index (χ0v) is 10.1. The van der Waals surface area contributed by atoms with Crippen molar-refractivity contribution in [3.63, 3.8) is 0 Å². The van der Waals surface area contributed by atoms with Crippen LogP contribution in [0.15, 0.2) is 18.2 Å². The van der Waals surface area contributed by atoms with E-state index in [0.717, 1.165) is 5.56 Å². The van der Waals surface area contributed by atoms with Crippen LogP contribution in [0.1, 0.15) is 18.1 Å². The molecule has 0 fully saturated rings. The van der Waals surface area contributed by atoms with Gasteiger partial charge in [-0.3, -0.25) is 4.79 Å². The van der Waals surface area contributed by atoms with Crippen molar-refractivity contribution in [1.82, 2.24) is 5.32 Å². The van der Waals surface area contributed by atoms with Gasteiger partial charge in [-0.25, -0.2) is 4.39 Å². The van der Waals surface area contributed by atoms with Crippen LogP contribution in [0.25, 0.3) is 0 Å². The molecule has 0 saturated carbocycles. The number of aryl methyl sites for hydroxylation is 1. The molecule has 0 aliphatic rings. The average Bonchev–Trinajstić information content (AvgIpc) is 2.19. The second-order valence-electron chi connectivity index (χ2n) is 3.59. The molecular weight excluding hydrogens is 231 g/mol. The summed E-state index contributed by atoms with van der Waals surface area (Å²) in [4.78, 5) is 11.1. The fourth-order valence-electron chi connectivity index (χ4n) is 1.10. The third-order valence-corrected chi connectivity index (χ3v) is 2.12. The SMILES string of the molecule is Cc1ccc(CNC(=O)C(C)N)cc1F.Cl. The number of carbonyl (C=O) groups is 1. The van der Waals surface area contributed by atoms with Gasteiger partial charge < -0.3 is 11.1 Å². The number of rotatable bonds is 3. The second-order valence-corrected chi connectivity index (χ2v) is 3.59. The maximum absolute atomic E-state index is 13.1. The first-order valence-electron chi connectivity index (χ1n) is 4.79. The van der Waals surface area contributed by atoms with Crippen molar-refractivity contribution in [3.8, 4) is 0 Å². The third-order valence-electron chi connectivity index (χ3n) is 2.12. The summed E-state index contributed by atoms with van der Waals surface area (Å²) in [7, 11) is 0. The van der Waals surface area contributed by atoms with Crippen molar-refractivity contribution in [2.45, 2.75) is 26.4 Å². The molecule has 1 amide bonds. The van der Waals surface area contributed by atoms with E-state index in [9.17, 15) is 9.18 Å². The van der Waals surface area contributed by atoms with E-state index < -0.39 is 6.04 Å². The van der Waals surface area contributed by atoms with Crippen LogP contribution < -0.4 is 11.1 Å². The molecule has 1 rings (SSSR count). The van der Waals surface area contributed by atoms with Gasteiger partial charge in [0.15, 0.2) is 0 Å². The molecule has 0 saturated heterocycles. The molecule has 16 heavy (non-hydrogen) atoms. The highest BCUT2D eigenvalue weighted by molar-refractivity contribution is 5.85. The van der Waals surface area contributed by atoms with Crippen molar-refractivity contribution >= 4 is 18.3 Å². The Bertz CT molecular complexity index is 369. The topological polar surface area (TPSA) is 55.1 Å². The summed E-state index contributed by atoms with van der Waals surface area (Å²) in [6.07, 6.45) is 0. The van der Waals surface area contributed by atoms with E-state index in [0.29, 0.717) is 12.1 Å². The molecule has 0 radical (unpaired) electrons. The molecule has 3 nitrogen and oxygen atoms in total. The number of carbonyl (C=O) groups excluding carboxylic acids is 1. The average molecular weight is 247 g/mol. The lowest BCUT2D eigenvalue weighted by Gasteiger charge is -2.08. The Hall–Kier alpha value is -1.13. The summed E-state index contributed by atoms with van der Waals surface area (Å²) in [6, 6.07) is 4.33. The van der Waals surface area contributed by atoms with E-state index in [2.05, 4.69) is 5.32 Å². The summed E-state index contributed by atoms with van der Waals surface area (Å²) >= 11 is 0. The van der Waals surface area contributed by atoms with Crippen LogP contribution >= 0.6 is 12.4 Å². The minimum Gasteiger partial charge on any atom is -0.351 e. The van der Waals surface area contributed by atoms with Gasteiger partial charge in [0.25, 0.3) is 0 Å². The van der Waals surface area contributed by atoms with E-state index >= 15 is 0 Å². The predicted octanol–water partition coefficient (Wildman–Crippen LogP) is 1.52. The Morgan fingerprint density at radius 3 is 2.69 bits per heavy atom. The number of nitrogens with one attached hydrogen (secondary N) is 1. The van der Waals surface area contributed by atoms with Gasteiger partial charge in [0.2, 0.25) is 5.91 Å². The van der Waals surface area contributed by atoms with Gasteiger partial charge in [-0.05, 0) is 31.0 Å². The molecule has 0 heterocycles. The molecule has 1 atom stereocenters. The van der Waals surface area contributed by atoms with Crippen molar-refractivity contribution in [1.29, 1.82) is 0 Å². The quantitative estimate of drug-likeness (QED) is 0.850. The van der Waals surface area contributed by atoms with Gasteiger partial charge in [0.1, 0.15) is 5.82 Å². The highest BCUT2D eigenvalue weighted by Gasteiger charge is 2.06. The minimum absolute atomic E-state index is 0. The molecule has 0 aliphatic heterocycles. The number of benzene rings is 1. The molecule has 1 aromatic carbocycles. The van der Waals surface area contributed by atoms with E-state index in [1.165, 1.54) is 6.07 Å². The molecular formula is C11H16ClFN2O. The van der Waals surface area contributed by atoms with Gasteiger partial charge >= 0.3 is 0 Å². The van der Waals surface area contributed by atoms with Gasteiger partial charge in [-0.2, -0.15) is 0 Å². The summed E-state index contributed by atoms with van der Waals surface area (Å²) in [5.74, 6) is -0.501. The van der Waals surface area contributed by atoms with Crippen molar-refractivity contribution < 1.29 is 9.18 Å². The maximum atomic E-state index is 13.1. The van der Waals surface area contributed by atoms with Gasteiger partial charge in [-0.15, -0.1) is 12.4 Å². The van der Waals surface area contributed by atoms with Crippen LogP contribution in [-0.2, 0) is 11.3 Å². The molecule has 3 N–H and O–H groups in total. The van der Waals surface area contributed by atoms with Crippen molar-refractivity contribution in [2.24, 2.45) is 5.73 Å². The number of hydrogen-bond donors (Lipinski definition) is 2. The van der Waals surface area contributed by atoms with Crippen LogP contribution in [0.4, 0.5) is 4.39 Å². The highest BCUT2D eigenvalue weighted by Crippen LogP contribution is 2.08. The van der Waals surface area contributed by atoms with E-state index in [1.807, 2.05) is 0 Å². The fraction of sp³-hybridized carbons (Fsp3) is 0.364. The van der Waals surface area contributed by atoms with Gasteiger partial charge in [0.05, 0.1) is 6.04 Å². The fourth-order valence-corrected chi connectivity index (χ4v) is 1.10. The normalized spacial score (nSPS) is 11.5. The largest absolute Gasteiger partial charge is 0.351 e. The standard InChI is InChI=1S/C11H15FN2O.ClH/c1-7-3-4-9(5-10(7)12)6-14-11(15)8(2)13;/h3-5,8H,6,13H2,1-2H3,(H,14,15);1H. The summed E-state index contributed by atoms with van der Waals surface area (Å²) < 4.78 is 13.1. The monoisotopic (exact) mass is 246 g/mol. The summed E-state index contributed by atoms with van der Waals surface area (Å²) in [5.41, 5.74) is 6.69. The number of halogens is 2. The second kappa shape index (κ2) is 6.45. The lowest BCUT2D eigenvalue weighted by atomic mass is 10.1. The molecule has 1 unspecified atom stereocenters. The smallest absolute Gasteiger partial charge is 0.236 e.